The standard InChI is InChI=1S/C4H11O3P.C3H8/c1-3-6-8(5)7-4-2;1-3-2/h8H,3-4H2,1-2H3;3H2,1-2H3. The Morgan fingerprint density at radius 3 is 1.45 bits per heavy atom. The summed E-state index contributed by atoms with van der Waals surface area (Å²) < 4.78 is 19.6. The van der Waals surface area contributed by atoms with Gasteiger partial charge in [-0.1, -0.05) is 20.3 Å². The molecule has 0 fully saturated rings. The maximum atomic E-state index is 10.4. The second kappa shape index (κ2) is 12.8. The smallest absolute Gasteiger partial charge is 0.311 e. The highest BCUT2D eigenvalue weighted by Crippen LogP contribution is 2.21. The van der Waals surface area contributed by atoms with Crippen molar-refractivity contribution >= 4 is 8.25 Å². The first-order chi connectivity index (χ1) is 5.22. The van der Waals surface area contributed by atoms with Crippen LogP contribution in [0.2, 0.25) is 0 Å². The Balaban J connectivity index is 0. The molecule has 0 saturated carbocycles. The normalized spacial score (nSPS) is 9.18. The van der Waals surface area contributed by atoms with Gasteiger partial charge in [-0.2, -0.15) is 0 Å². The van der Waals surface area contributed by atoms with E-state index in [4.69, 9.17) is 0 Å². The zero-order chi connectivity index (χ0) is 9.11. The molecule has 3 nitrogen and oxygen atoms in total. The van der Waals surface area contributed by atoms with Gasteiger partial charge >= 0.3 is 8.25 Å². The van der Waals surface area contributed by atoms with Crippen molar-refractivity contribution < 1.29 is 13.6 Å². The Labute approximate surface area is 70.0 Å². The summed E-state index contributed by atoms with van der Waals surface area (Å²) in [5.41, 5.74) is 0. The molecule has 0 amide bonds. The highest BCUT2D eigenvalue weighted by molar-refractivity contribution is 7.33. The number of hydrogen-bond acceptors (Lipinski definition) is 3. The lowest BCUT2D eigenvalue weighted by molar-refractivity contribution is 0.243. The summed E-state index contributed by atoms with van der Waals surface area (Å²) in [6, 6.07) is 0. The van der Waals surface area contributed by atoms with Gasteiger partial charge in [-0.3, -0.25) is 4.57 Å². The van der Waals surface area contributed by atoms with Crippen LogP contribution in [0.3, 0.4) is 0 Å². The van der Waals surface area contributed by atoms with Crippen LogP contribution in [0.5, 0.6) is 0 Å². The van der Waals surface area contributed by atoms with Gasteiger partial charge in [0.2, 0.25) is 0 Å². The van der Waals surface area contributed by atoms with Gasteiger partial charge in [0.25, 0.3) is 0 Å². The van der Waals surface area contributed by atoms with Crippen molar-refractivity contribution in [2.75, 3.05) is 13.2 Å². The minimum atomic E-state index is -2.14. The Morgan fingerprint density at radius 1 is 1.00 bits per heavy atom. The van der Waals surface area contributed by atoms with E-state index >= 15 is 0 Å². The van der Waals surface area contributed by atoms with Crippen molar-refractivity contribution in [3.05, 3.63) is 0 Å². The molecule has 0 aromatic carbocycles. The molecule has 0 spiro atoms. The van der Waals surface area contributed by atoms with Gasteiger partial charge in [-0.05, 0) is 13.8 Å². The zero-order valence-electron chi connectivity index (χ0n) is 7.85. The summed E-state index contributed by atoms with van der Waals surface area (Å²) in [5, 5.41) is 0. The minimum absolute atomic E-state index is 0.456. The molecule has 0 aliphatic carbocycles. The number of hydrogen-bond donors (Lipinski definition) is 0. The van der Waals surface area contributed by atoms with Crippen molar-refractivity contribution in [3.8, 4) is 0 Å². The molecule has 0 unspecified atom stereocenters. The van der Waals surface area contributed by atoms with E-state index in [-0.39, 0.29) is 0 Å². The van der Waals surface area contributed by atoms with E-state index in [1.54, 1.807) is 13.8 Å². The molecule has 4 heteroatoms. The fourth-order valence-corrected chi connectivity index (χ4v) is 0.832. The average molecular weight is 182 g/mol. The fraction of sp³-hybridized carbons (Fsp3) is 1.00. The van der Waals surface area contributed by atoms with Gasteiger partial charge in [0.1, 0.15) is 0 Å². The van der Waals surface area contributed by atoms with Gasteiger partial charge in [0, 0.05) is 0 Å². The van der Waals surface area contributed by atoms with Crippen LogP contribution in [0.4, 0.5) is 0 Å². The highest BCUT2D eigenvalue weighted by atomic mass is 31.1. The molecule has 0 atom stereocenters. The van der Waals surface area contributed by atoms with Crippen LogP contribution in [0.15, 0.2) is 0 Å². The lowest BCUT2D eigenvalue weighted by atomic mass is 10.6. The minimum Gasteiger partial charge on any atom is -0.311 e. The van der Waals surface area contributed by atoms with E-state index in [2.05, 4.69) is 22.9 Å². The Kier molecular flexibility index (Phi) is 16.0. The average Bonchev–Trinajstić information content (AvgIpc) is 1.90. The molecular formula is C7H19O3P. The third-order valence-electron chi connectivity index (χ3n) is 0.524. The quantitative estimate of drug-likeness (QED) is 0.627. The third kappa shape index (κ3) is 17.8. The second-order valence-electron chi connectivity index (χ2n) is 1.82. The van der Waals surface area contributed by atoms with Crippen LogP contribution < -0.4 is 0 Å². The Morgan fingerprint density at radius 2 is 1.27 bits per heavy atom. The van der Waals surface area contributed by atoms with E-state index in [9.17, 15) is 4.57 Å². The third-order valence-corrected chi connectivity index (χ3v) is 1.57. The van der Waals surface area contributed by atoms with E-state index in [0.717, 1.165) is 0 Å². The second-order valence-corrected chi connectivity index (χ2v) is 2.90. The summed E-state index contributed by atoms with van der Waals surface area (Å²) in [6.45, 7) is 8.72. The molecular weight excluding hydrogens is 163 g/mol. The maximum absolute atomic E-state index is 10.4. The molecule has 0 rings (SSSR count). The highest BCUT2D eigenvalue weighted by Gasteiger charge is 1.91. The lowest BCUT2D eigenvalue weighted by Crippen LogP contribution is -1.81. The molecule has 70 valence electrons. The molecule has 0 bridgehead atoms. The van der Waals surface area contributed by atoms with Crippen LogP contribution in [-0.2, 0) is 13.6 Å². The molecule has 0 saturated heterocycles. The fourth-order valence-electron chi connectivity index (χ4n) is 0.277. The Hall–Kier alpha value is 0.150. The summed E-state index contributed by atoms with van der Waals surface area (Å²) in [7, 11) is -2.14. The molecule has 0 N–H and O–H groups in total. The summed E-state index contributed by atoms with van der Waals surface area (Å²) >= 11 is 0. The topological polar surface area (TPSA) is 35.5 Å². The Bertz CT molecular complexity index is 77.8. The predicted molar refractivity (Wildman–Crippen MR) is 48.2 cm³/mol. The van der Waals surface area contributed by atoms with Gasteiger partial charge in [0.05, 0.1) is 13.2 Å². The van der Waals surface area contributed by atoms with Crippen LogP contribution in [0.1, 0.15) is 34.1 Å². The first kappa shape index (κ1) is 13.7. The van der Waals surface area contributed by atoms with E-state index in [1.807, 2.05) is 0 Å². The van der Waals surface area contributed by atoms with Crippen LogP contribution in [-0.4, -0.2) is 13.2 Å². The molecule has 0 heterocycles. The molecule has 0 aromatic heterocycles. The van der Waals surface area contributed by atoms with Crippen molar-refractivity contribution in [1.82, 2.24) is 0 Å². The van der Waals surface area contributed by atoms with Crippen LogP contribution in [0, 0.1) is 0 Å². The SMILES string of the molecule is CCC.CCO[PH](=O)OCC. The van der Waals surface area contributed by atoms with Crippen molar-refractivity contribution in [2.24, 2.45) is 0 Å². The van der Waals surface area contributed by atoms with E-state index in [0.29, 0.717) is 13.2 Å². The summed E-state index contributed by atoms with van der Waals surface area (Å²) in [5.74, 6) is 0. The molecule has 0 aromatic rings. The largest absolute Gasteiger partial charge is 0.319 e. The lowest BCUT2D eigenvalue weighted by Gasteiger charge is -1.97. The number of rotatable bonds is 4. The zero-order valence-corrected chi connectivity index (χ0v) is 8.85. The molecule has 0 radical (unpaired) electrons. The van der Waals surface area contributed by atoms with Gasteiger partial charge in [-0.25, -0.2) is 0 Å². The predicted octanol–water partition coefficient (Wildman–Crippen LogP) is 2.87. The maximum Gasteiger partial charge on any atom is 0.319 e. The van der Waals surface area contributed by atoms with Crippen LogP contribution >= 0.6 is 8.25 Å². The first-order valence-electron chi connectivity index (χ1n) is 4.02. The van der Waals surface area contributed by atoms with Gasteiger partial charge in [0.15, 0.2) is 0 Å². The first-order valence-corrected chi connectivity index (χ1v) is 5.24. The molecule has 0 aliphatic rings. The molecule has 11 heavy (non-hydrogen) atoms. The summed E-state index contributed by atoms with van der Waals surface area (Å²) in [6.07, 6.45) is 1.25. The monoisotopic (exact) mass is 182 g/mol. The van der Waals surface area contributed by atoms with Gasteiger partial charge in [-0.15, -0.1) is 0 Å². The van der Waals surface area contributed by atoms with E-state index < -0.39 is 8.25 Å². The summed E-state index contributed by atoms with van der Waals surface area (Å²) in [4.78, 5) is 0. The van der Waals surface area contributed by atoms with Gasteiger partial charge < -0.3 is 9.05 Å². The van der Waals surface area contributed by atoms with Crippen molar-refractivity contribution in [3.63, 3.8) is 0 Å². The van der Waals surface area contributed by atoms with Crippen molar-refractivity contribution in [2.45, 2.75) is 34.1 Å². The molecule has 0 aliphatic heterocycles. The van der Waals surface area contributed by atoms with Crippen molar-refractivity contribution in [1.29, 1.82) is 0 Å². The van der Waals surface area contributed by atoms with E-state index in [1.165, 1.54) is 6.42 Å². The van der Waals surface area contributed by atoms with Crippen LogP contribution in [0.25, 0.3) is 0 Å².